The molecule has 1 rings (SSSR count). The first-order valence-corrected chi connectivity index (χ1v) is 6.87. The van der Waals surface area contributed by atoms with Gasteiger partial charge in [-0.25, -0.2) is 0 Å². The molecule has 0 aliphatic carbocycles. The molecule has 0 N–H and O–H groups in total. The number of methoxy groups -OCH3 is 1. The Labute approximate surface area is 110 Å². The molecule has 0 aromatic carbocycles. The molecule has 102 valence electrons. The van der Waals surface area contributed by atoms with Gasteiger partial charge in [-0.3, -0.25) is 4.79 Å². The number of hydrogen-bond acceptors (Lipinski definition) is 3. The van der Waals surface area contributed by atoms with Gasteiger partial charge in [-0.2, -0.15) is 5.26 Å². The molecule has 1 aliphatic heterocycles. The minimum absolute atomic E-state index is 0.00764. The molecule has 0 spiro atoms. The number of hydrogen-bond donors (Lipinski definition) is 0. The van der Waals surface area contributed by atoms with Crippen LogP contribution in [0.4, 0.5) is 0 Å². The summed E-state index contributed by atoms with van der Waals surface area (Å²) in [6.45, 7) is 5.40. The molecule has 1 unspecified atom stereocenters. The Kier molecular flexibility index (Phi) is 5.61. The molecule has 1 fully saturated rings. The Bertz CT molecular complexity index is 316. The van der Waals surface area contributed by atoms with Crippen molar-refractivity contribution in [1.29, 1.82) is 5.26 Å². The predicted octanol–water partition coefficient (Wildman–Crippen LogP) is 2.34. The van der Waals surface area contributed by atoms with Gasteiger partial charge in [0.2, 0.25) is 5.91 Å². The quantitative estimate of drug-likeness (QED) is 0.729. The largest absolute Gasteiger partial charge is 0.380 e. The Hall–Kier alpha value is -1.08. The van der Waals surface area contributed by atoms with Crippen LogP contribution in [0.15, 0.2) is 0 Å². The van der Waals surface area contributed by atoms with Crippen molar-refractivity contribution in [2.45, 2.75) is 52.1 Å². The van der Waals surface area contributed by atoms with E-state index in [4.69, 9.17) is 4.74 Å². The van der Waals surface area contributed by atoms with Crippen molar-refractivity contribution in [2.75, 3.05) is 20.2 Å². The van der Waals surface area contributed by atoms with E-state index < -0.39 is 5.41 Å². The van der Waals surface area contributed by atoms with Gasteiger partial charge < -0.3 is 9.64 Å². The first-order valence-electron chi connectivity index (χ1n) is 6.87. The highest BCUT2D eigenvalue weighted by atomic mass is 16.5. The van der Waals surface area contributed by atoms with Crippen molar-refractivity contribution in [1.82, 2.24) is 4.90 Å². The van der Waals surface area contributed by atoms with Gasteiger partial charge in [0.15, 0.2) is 0 Å². The Morgan fingerprint density at radius 1 is 1.44 bits per heavy atom. The van der Waals surface area contributed by atoms with Crippen molar-refractivity contribution in [3.8, 4) is 6.07 Å². The summed E-state index contributed by atoms with van der Waals surface area (Å²) in [5, 5.41) is 9.46. The molecule has 0 aromatic heterocycles. The van der Waals surface area contributed by atoms with Crippen LogP contribution < -0.4 is 0 Å². The number of nitriles is 1. The summed E-state index contributed by atoms with van der Waals surface area (Å²) in [7, 11) is 1.67. The minimum Gasteiger partial charge on any atom is -0.380 e. The lowest BCUT2D eigenvalue weighted by molar-refractivity contribution is -0.139. The number of carbonyl (C=O) groups excluding carboxylic acids is 1. The van der Waals surface area contributed by atoms with Crippen molar-refractivity contribution in [2.24, 2.45) is 5.41 Å². The number of likely N-dealkylation sites (tertiary alicyclic amines) is 1. The Morgan fingerprint density at radius 2 is 2.06 bits per heavy atom. The summed E-state index contributed by atoms with van der Waals surface area (Å²) < 4.78 is 5.28. The van der Waals surface area contributed by atoms with Crippen LogP contribution >= 0.6 is 0 Å². The van der Waals surface area contributed by atoms with Gasteiger partial charge in [-0.15, -0.1) is 0 Å². The van der Waals surface area contributed by atoms with Crippen LogP contribution in [-0.4, -0.2) is 37.1 Å². The number of carbonyl (C=O) groups is 1. The van der Waals surface area contributed by atoms with Crippen molar-refractivity contribution in [3.05, 3.63) is 0 Å². The Morgan fingerprint density at radius 3 is 2.44 bits per heavy atom. The van der Waals surface area contributed by atoms with Crippen LogP contribution in [0.5, 0.6) is 0 Å². The summed E-state index contributed by atoms with van der Waals surface area (Å²) in [5.74, 6) is 0.00764. The fourth-order valence-electron chi connectivity index (χ4n) is 2.76. The van der Waals surface area contributed by atoms with Crippen LogP contribution in [0.25, 0.3) is 0 Å². The van der Waals surface area contributed by atoms with Gasteiger partial charge in [0, 0.05) is 20.2 Å². The van der Waals surface area contributed by atoms with Gasteiger partial charge in [-0.1, -0.05) is 26.7 Å². The highest BCUT2D eigenvalue weighted by Gasteiger charge is 2.42. The topological polar surface area (TPSA) is 53.3 Å². The lowest BCUT2D eigenvalue weighted by Gasteiger charge is -2.29. The van der Waals surface area contributed by atoms with E-state index in [0.29, 0.717) is 25.9 Å². The van der Waals surface area contributed by atoms with Crippen molar-refractivity contribution in [3.63, 3.8) is 0 Å². The molecule has 4 heteroatoms. The predicted molar refractivity (Wildman–Crippen MR) is 69.9 cm³/mol. The summed E-state index contributed by atoms with van der Waals surface area (Å²) in [6.07, 6.45) is 4.05. The van der Waals surface area contributed by atoms with Crippen LogP contribution in [0, 0.1) is 16.7 Å². The first kappa shape index (κ1) is 15.0. The lowest BCUT2D eigenvalue weighted by atomic mass is 9.79. The van der Waals surface area contributed by atoms with Gasteiger partial charge in [0.1, 0.15) is 5.41 Å². The van der Waals surface area contributed by atoms with Gasteiger partial charge in [0.05, 0.1) is 12.2 Å². The molecule has 18 heavy (non-hydrogen) atoms. The van der Waals surface area contributed by atoms with Crippen LogP contribution in [-0.2, 0) is 9.53 Å². The molecule has 1 aliphatic rings. The summed E-state index contributed by atoms with van der Waals surface area (Å²) in [6, 6.07) is 2.29. The van der Waals surface area contributed by atoms with E-state index >= 15 is 0 Å². The van der Waals surface area contributed by atoms with E-state index in [-0.39, 0.29) is 12.0 Å². The minimum atomic E-state index is -0.813. The fourth-order valence-corrected chi connectivity index (χ4v) is 2.76. The van der Waals surface area contributed by atoms with E-state index in [1.165, 1.54) is 0 Å². The molecular weight excluding hydrogens is 228 g/mol. The van der Waals surface area contributed by atoms with Gasteiger partial charge in [0.25, 0.3) is 0 Å². The second kappa shape index (κ2) is 6.75. The number of amides is 1. The molecule has 1 amide bonds. The summed E-state index contributed by atoms with van der Waals surface area (Å²) in [4.78, 5) is 14.4. The van der Waals surface area contributed by atoms with E-state index in [2.05, 4.69) is 6.07 Å². The second-order valence-electron chi connectivity index (χ2n) is 5.09. The third-order valence-corrected chi connectivity index (χ3v) is 3.74. The fraction of sp³-hybridized carbons (Fsp3) is 0.857. The highest BCUT2D eigenvalue weighted by molar-refractivity contribution is 5.85. The first-order chi connectivity index (χ1) is 8.63. The number of ether oxygens (including phenoxy) is 1. The molecule has 4 nitrogen and oxygen atoms in total. The van der Waals surface area contributed by atoms with Crippen LogP contribution in [0.3, 0.4) is 0 Å². The monoisotopic (exact) mass is 252 g/mol. The lowest BCUT2D eigenvalue weighted by Crippen LogP contribution is -2.42. The molecule has 1 saturated heterocycles. The van der Waals surface area contributed by atoms with E-state index in [1.54, 1.807) is 7.11 Å². The molecule has 0 bridgehead atoms. The molecule has 1 heterocycles. The third kappa shape index (κ3) is 3.02. The molecule has 0 aromatic rings. The standard InChI is InChI=1S/C14H24N2O2/c1-4-7-14(11-15,8-5-2)13(17)16-9-6-12(10-16)18-3/h12H,4-10H2,1-3H3. The zero-order valence-electron chi connectivity index (χ0n) is 11.7. The third-order valence-electron chi connectivity index (χ3n) is 3.74. The normalized spacial score (nSPS) is 19.9. The van der Waals surface area contributed by atoms with Crippen LogP contribution in [0.2, 0.25) is 0 Å². The SMILES string of the molecule is CCCC(C#N)(CCC)C(=O)N1CCC(OC)C1. The average Bonchev–Trinajstić information content (AvgIpc) is 2.86. The maximum absolute atomic E-state index is 12.6. The zero-order chi connectivity index (χ0) is 13.6. The average molecular weight is 252 g/mol. The van der Waals surface area contributed by atoms with Crippen molar-refractivity contribution >= 4 is 5.91 Å². The van der Waals surface area contributed by atoms with E-state index in [9.17, 15) is 10.1 Å². The van der Waals surface area contributed by atoms with E-state index in [1.807, 2.05) is 18.7 Å². The Balaban J connectivity index is 2.80. The molecule has 0 saturated carbocycles. The molecular formula is C14H24N2O2. The van der Waals surface area contributed by atoms with E-state index in [0.717, 1.165) is 19.3 Å². The second-order valence-corrected chi connectivity index (χ2v) is 5.09. The van der Waals surface area contributed by atoms with Gasteiger partial charge in [-0.05, 0) is 19.3 Å². The van der Waals surface area contributed by atoms with Crippen molar-refractivity contribution < 1.29 is 9.53 Å². The maximum Gasteiger partial charge on any atom is 0.243 e. The maximum atomic E-state index is 12.6. The molecule has 0 radical (unpaired) electrons. The summed E-state index contributed by atoms with van der Waals surface area (Å²) >= 11 is 0. The highest BCUT2D eigenvalue weighted by Crippen LogP contribution is 2.33. The van der Waals surface area contributed by atoms with Crippen LogP contribution in [0.1, 0.15) is 46.0 Å². The summed E-state index contributed by atoms with van der Waals surface area (Å²) in [5.41, 5.74) is -0.813. The van der Waals surface area contributed by atoms with Gasteiger partial charge >= 0.3 is 0 Å². The number of nitrogens with zero attached hydrogens (tertiary/aromatic N) is 2. The smallest absolute Gasteiger partial charge is 0.243 e. The zero-order valence-corrected chi connectivity index (χ0v) is 11.7. The number of rotatable bonds is 6. The molecule has 1 atom stereocenters.